The lowest BCUT2D eigenvalue weighted by Gasteiger charge is -2.16. The number of carbonyl (C=O) groups is 1. The highest BCUT2D eigenvalue weighted by Crippen LogP contribution is 2.31. The molecule has 2 atom stereocenters. The minimum absolute atomic E-state index is 0. The molecular formula is C23H25ClN4O. The third kappa shape index (κ3) is 3.45. The number of likely N-dealkylation sites (tertiary alicyclic amines) is 1. The Morgan fingerprint density at radius 2 is 1.66 bits per heavy atom. The van der Waals surface area contributed by atoms with Gasteiger partial charge in [0.1, 0.15) is 0 Å². The monoisotopic (exact) mass is 408 g/mol. The molecule has 1 aromatic heterocycles. The summed E-state index contributed by atoms with van der Waals surface area (Å²) in [6.07, 6.45) is 2.97. The fraction of sp³-hybridized carbons (Fsp3) is 0.304. The SMILES string of the molecule is Cl.N[C@@H]1CN(C(=O)c2nn(-c3ccccc3)c3c2CCC3)C[C@H]1c1ccccc1. The van der Waals surface area contributed by atoms with Crippen LogP contribution in [0.15, 0.2) is 60.7 Å². The van der Waals surface area contributed by atoms with Gasteiger partial charge in [0.15, 0.2) is 5.69 Å². The van der Waals surface area contributed by atoms with Gasteiger partial charge in [0.25, 0.3) is 5.91 Å². The molecule has 6 heteroatoms. The fourth-order valence-electron chi connectivity index (χ4n) is 4.59. The molecule has 29 heavy (non-hydrogen) atoms. The zero-order chi connectivity index (χ0) is 19.1. The number of carbonyl (C=O) groups excluding carboxylic acids is 1. The van der Waals surface area contributed by atoms with Crippen molar-refractivity contribution in [1.29, 1.82) is 0 Å². The van der Waals surface area contributed by atoms with Gasteiger partial charge < -0.3 is 10.6 Å². The van der Waals surface area contributed by atoms with Crippen LogP contribution in [0.25, 0.3) is 5.69 Å². The summed E-state index contributed by atoms with van der Waals surface area (Å²) in [7, 11) is 0. The number of nitrogens with zero attached hydrogens (tertiary/aromatic N) is 3. The van der Waals surface area contributed by atoms with Crippen LogP contribution >= 0.6 is 12.4 Å². The molecule has 1 amide bonds. The quantitative estimate of drug-likeness (QED) is 0.722. The molecule has 1 aliphatic heterocycles. The van der Waals surface area contributed by atoms with Crippen molar-refractivity contribution in [2.45, 2.75) is 31.2 Å². The predicted molar refractivity (Wildman–Crippen MR) is 116 cm³/mol. The summed E-state index contributed by atoms with van der Waals surface area (Å²) in [4.78, 5) is 15.3. The summed E-state index contributed by atoms with van der Waals surface area (Å²) >= 11 is 0. The van der Waals surface area contributed by atoms with E-state index in [2.05, 4.69) is 12.1 Å². The van der Waals surface area contributed by atoms with E-state index in [1.807, 2.05) is 58.1 Å². The van der Waals surface area contributed by atoms with E-state index in [-0.39, 0.29) is 30.3 Å². The van der Waals surface area contributed by atoms with Gasteiger partial charge in [-0.3, -0.25) is 4.79 Å². The molecule has 2 aliphatic rings. The number of hydrogen-bond acceptors (Lipinski definition) is 3. The molecule has 2 aromatic carbocycles. The van der Waals surface area contributed by atoms with Crippen LogP contribution < -0.4 is 5.73 Å². The zero-order valence-corrected chi connectivity index (χ0v) is 17.0. The summed E-state index contributed by atoms with van der Waals surface area (Å²) in [6.45, 7) is 1.22. The second-order valence-electron chi connectivity index (χ2n) is 7.77. The average molecular weight is 409 g/mol. The van der Waals surface area contributed by atoms with Gasteiger partial charge in [0.05, 0.1) is 5.69 Å². The van der Waals surface area contributed by atoms with Gasteiger partial charge in [-0.2, -0.15) is 5.10 Å². The molecule has 1 fully saturated rings. The lowest BCUT2D eigenvalue weighted by atomic mass is 9.95. The number of rotatable bonds is 3. The third-order valence-corrected chi connectivity index (χ3v) is 6.01. The van der Waals surface area contributed by atoms with Crippen molar-refractivity contribution in [3.8, 4) is 5.69 Å². The molecule has 0 unspecified atom stereocenters. The van der Waals surface area contributed by atoms with E-state index in [0.29, 0.717) is 18.8 Å². The first-order chi connectivity index (χ1) is 13.7. The van der Waals surface area contributed by atoms with Crippen LogP contribution in [0.3, 0.4) is 0 Å². The van der Waals surface area contributed by atoms with Crippen molar-refractivity contribution in [1.82, 2.24) is 14.7 Å². The first-order valence-corrected chi connectivity index (χ1v) is 9.98. The number of amides is 1. The molecule has 0 radical (unpaired) electrons. The van der Waals surface area contributed by atoms with E-state index < -0.39 is 0 Å². The Hall–Kier alpha value is -2.63. The summed E-state index contributed by atoms with van der Waals surface area (Å²) < 4.78 is 1.96. The molecule has 0 spiro atoms. The van der Waals surface area contributed by atoms with Crippen molar-refractivity contribution < 1.29 is 4.79 Å². The Balaban J connectivity index is 0.00000205. The molecule has 2 heterocycles. The van der Waals surface area contributed by atoms with Crippen molar-refractivity contribution in [3.05, 3.63) is 83.2 Å². The number of para-hydroxylation sites is 1. The molecule has 0 saturated carbocycles. The Bertz CT molecular complexity index is 1000. The number of aromatic nitrogens is 2. The third-order valence-electron chi connectivity index (χ3n) is 6.01. The van der Waals surface area contributed by atoms with Gasteiger partial charge in [-0.25, -0.2) is 4.68 Å². The second kappa shape index (κ2) is 8.01. The van der Waals surface area contributed by atoms with E-state index in [0.717, 1.165) is 30.5 Å². The van der Waals surface area contributed by atoms with Crippen LogP contribution in [-0.2, 0) is 12.8 Å². The number of fused-ring (bicyclic) bond motifs is 1. The maximum Gasteiger partial charge on any atom is 0.274 e. The Morgan fingerprint density at radius 1 is 0.966 bits per heavy atom. The van der Waals surface area contributed by atoms with E-state index in [9.17, 15) is 4.79 Å². The number of halogens is 1. The molecule has 0 bridgehead atoms. The van der Waals surface area contributed by atoms with Crippen molar-refractivity contribution in [2.24, 2.45) is 5.73 Å². The summed E-state index contributed by atoms with van der Waals surface area (Å²) in [5, 5.41) is 4.75. The first kappa shape index (κ1) is 19.7. The summed E-state index contributed by atoms with van der Waals surface area (Å²) in [5.74, 6) is 0.191. The number of nitrogens with two attached hydrogens (primary N) is 1. The largest absolute Gasteiger partial charge is 0.335 e. The second-order valence-corrected chi connectivity index (χ2v) is 7.77. The molecule has 1 aliphatic carbocycles. The maximum atomic E-state index is 13.4. The predicted octanol–water partition coefficient (Wildman–Crippen LogP) is 3.35. The standard InChI is InChI=1S/C23H24N4O.ClH/c24-20-15-26(14-19(20)16-8-3-1-4-9-16)23(28)22-18-12-7-13-21(18)27(25-22)17-10-5-2-6-11-17;/h1-6,8-11,19-20H,7,12-15,24H2;1H/t19-,20+;/m0./s1. The lowest BCUT2D eigenvalue weighted by molar-refractivity contribution is 0.0782. The minimum Gasteiger partial charge on any atom is -0.335 e. The highest BCUT2D eigenvalue weighted by molar-refractivity contribution is 5.94. The minimum atomic E-state index is -0.0457. The van der Waals surface area contributed by atoms with Crippen molar-refractivity contribution in [2.75, 3.05) is 13.1 Å². The van der Waals surface area contributed by atoms with Crippen LogP contribution in [0.5, 0.6) is 0 Å². The van der Waals surface area contributed by atoms with Gasteiger partial charge in [-0.1, -0.05) is 48.5 Å². The van der Waals surface area contributed by atoms with Gasteiger partial charge in [-0.05, 0) is 37.0 Å². The highest BCUT2D eigenvalue weighted by Gasteiger charge is 2.37. The van der Waals surface area contributed by atoms with Crippen LogP contribution in [-0.4, -0.2) is 39.7 Å². The Morgan fingerprint density at radius 3 is 2.38 bits per heavy atom. The molecule has 5 rings (SSSR count). The lowest BCUT2D eigenvalue weighted by Crippen LogP contribution is -2.32. The van der Waals surface area contributed by atoms with E-state index >= 15 is 0 Å². The van der Waals surface area contributed by atoms with Gasteiger partial charge in [0, 0.05) is 36.3 Å². The Labute approximate surface area is 176 Å². The van der Waals surface area contributed by atoms with E-state index in [1.54, 1.807) is 0 Å². The van der Waals surface area contributed by atoms with Gasteiger partial charge in [0.2, 0.25) is 0 Å². The Kier molecular flexibility index (Phi) is 5.43. The van der Waals surface area contributed by atoms with Crippen molar-refractivity contribution >= 4 is 18.3 Å². The van der Waals surface area contributed by atoms with Crippen LogP contribution in [0.4, 0.5) is 0 Å². The molecule has 3 aromatic rings. The van der Waals surface area contributed by atoms with E-state index in [4.69, 9.17) is 10.8 Å². The maximum absolute atomic E-state index is 13.4. The van der Waals surface area contributed by atoms with Crippen LogP contribution in [0, 0.1) is 0 Å². The number of hydrogen-bond donors (Lipinski definition) is 1. The van der Waals surface area contributed by atoms with Crippen LogP contribution in [0.1, 0.15) is 39.6 Å². The highest BCUT2D eigenvalue weighted by atomic mass is 35.5. The van der Waals surface area contributed by atoms with Gasteiger partial charge >= 0.3 is 0 Å². The molecular weight excluding hydrogens is 384 g/mol. The molecule has 1 saturated heterocycles. The zero-order valence-electron chi connectivity index (χ0n) is 16.2. The smallest absolute Gasteiger partial charge is 0.274 e. The topological polar surface area (TPSA) is 64.2 Å². The van der Waals surface area contributed by atoms with E-state index in [1.165, 1.54) is 11.3 Å². The normalized spacial score (nSPS) is 20.4. The summed E-state index contributed by atoms with van der Waals surface area (Å²) in [6, 6.07) is 20.3. The number of benzene rings is 2. The van der Waals surface area contributed by atoms with Crippen LogP contribution in [0.2, 0.25) is 0 Å². The van der Waals surface area contributed by atoms with Gasteiger partial charge in [-0.15, -0.1) is 12.4 Å². The first-order valence-electron chi connectivity index (χ1n) is 9.98. The molecule has 5 nitrogen and oxygen atoms in total. The summed E-state index contributed by atoms with van der Waals surface area (Å²) in [5.41, 5.74) is 11.5. The van der Waals surface area contributed by atoms with Crippen molar-refractivity contribution in [3.63, 3.8) is 0 Å². The average Bonchev–Trinajstić information content (AvgIpc) is 3.44. The fourth-order valence-corrected chi connectivity index (χ4v) is 4.59. The molecule has 2 N–H and O–H groups in total. The molecule has 150 valence electrons.